The Balaban J connectivity index is 1.71. The van der Waals surface area contributed by atoms with Crippen LogP contribution in [0.4, 0.5) is 0 Å². The number of carboxylic acids is 1. The van der Waals surface area contributed by atoms with Crippen molar-refractivity contribution >= 4 is 5.97 Å². The van der Waals surface area contributed by atoms with Crippen molar-refractivity contribution in [3.8, 4) is 5.75 Å². The molecule has 0 aliphatic carbocycles. The molecule has 1 aliphatic rings. The molecule has 4 heteroatoms. The Morgan fingerprint density at radius 2 is 2.00 bits per heavy atom. The number of carboxylic acid groups (broad SMARTS) is 1. The molecule has 0 aromatic heterocycles. The van der Waals surface area contributed by atoms with Gasteiger partial charge in [-0.25, -0.2) is 0 Å². The predicted octanol–water partition coefficient (Wildman–Crippen LogP) is 2.77. The highest BCUT2D eigenvalue weighted by Crippen LogP contribution is 2.20. The molecule has 1 saturated heterocycles. The van der Waals surface area contributed by atoms with Gasteiger partial charge in [0.25, 0.3) is 0 Å². The topological polar surface area (TPSA) is 49.8 Å². The lowest BCUT2D eigenvalue weighted by molar-refractivity contribution is -0.147. The van der Waals surface area contributed by atoms with Crippen molar-refractivity contribution < 1.29 is 14.6 Å². The minimum atomic E-state index is -0.683. The maximum absolute atomic E-state index is 10.7. The minimum absolute atomic E-state index is 0.184. The van der Waals surface area contributed by atoms with E-state index in [2.05, 4.69) is 24.0 Å². The summed E-state index contributed by atoms with van der Waals surface area (Å²) in [5, 5.41) is 8.83. The smallest absolute Gasteiger partial charge is 0.309 e. The summed E-state index contributed by atoms with van der Waals surface area (Å²) in [5.74, 6) is 0.0464. The van der Waals surface area contributed by atoms with Crippen LogP contribution in [0.25, 0.3) is 0 Å². The first-order valence-electron chi connectivity index (χ1n) is 7.36. The Bertz CT molecular complexity index is 424. The fourth-order valence-electron chi connectivity index (χ4n) is 2.35. The van der Waals surface area contributed by atoms with Gasteiger partial charge in [0.15, 0.2) is 0 Å². The van der Waals surface area contributed by atoms with E-state index < -0.39 is 5.97 Å². The second kappa shape index (κ2) is 7.29. The minimum Gasteiger partial charge on any atom is -0.494 e. The first-order chi connectivity index (χ1) is 9.69. The fourth-order valence-corrected chi connectivity index (χ4v) is 2.35. The van der Waals surface area contributed by atoms with Crippen LogP contribution < -0.4 is 4.74 Å². The molecule has 1 fully saturated rings. The van der Waals surface area contributed by atoms with E-state index in [0.717, 1.165) is 25.3 Å². The number of rotatable bonds is 8. The summed E-state index contributed by atoms with van der Waals surface area (Å²) in [6, 6.07) is 8.11. The molecule has 4 nitrogen and oxygen atoms in total. The van der Waals surface area contributed by atoms with Crippen LogP contribution in [-0.4, -0.2) is 35.7 Å². The Kier molecular flexibility index (Phi) is 5.41. The zero-order valence-electron chi connectivity index (χ0n) is 12.0. The molecular weight excluding hydrogens is 254 g/mol. The van der Waals surface area contributed by atoms with Crippen molar-refractivity contribution in [3.63, 3.8) is 0 Å². The van der Waals surface area contributed by atoms with Gasteiger partial charge in [0.05, 0.1) is 12.5 Å². The SMILES string of the molecule is CCCCCOc1ccc(CN2CC(C(=O)O)C2)cc1. The first kappa shape index (κ1) is 14.9. The predicted molar refractivity (Wildman–Crippen MR) is 77.9 cm³/mol. The third-order valence-corrected chi connectivity index (χ3v) is 3.65. The molecule has 1 heterocycles. The molecule has 0 saturated carbocycles. The molecule has 1 N–H and O–H groups in total. The molecule has 1 aliphatic heterocycles. The highest BCUT2D eigenvalue weighted by molar-refractivity contribution is 5.71. The average Bonchev–Trinajstić information content (AvgIpc) is 2.39. The van der Waals surface area contributed by atoms with E-state index in [0.29, 0.717) is 13.1 Å². The lowest BCUT2D eigenvalue weighted by Crippen LogP contribution is -2.49. The molecule has 0 spiro atoms. The molecule has 110 valence electrons. The third kappa shape index (κ3) is 4.23. The lowest BCUT2D eigenvalue weighted by atomic mass is 10.00. The van der Waals surface area contributed by atoms with Gasteiger partial charge < -0.3 is 9.84 Å². The second-order valence-electron chi connectivity index (χ2n) is 5.43. The molecular formula is C16H23NO3. The molecule has 0 atom stereocenters. The van der Waals surface area contributed by atoms with Crippen LogP contribution in [0.1, 0.15) is 31.7 Å². The zero-order chi connectivity index (χ0) is 14.4. The van der Waals surface area contributed by atoms with Gasteiger partial charge in [-0.05, 0) is 24.1 Å². The third-order valence-electron chi connectivity index (χ3n) is 3.65. The van der Waals surface area contributed by atoms with Crippen LogP contribution >= 0.6 is 0 Å². The summed E-state index contributed by atoms with van der Waals surface area (Å²) in [7, 11) is 0. The maximum atomic E-state index is 10.7. The van der Waals surface area contributed by atoms with Crippen molar-refractivity contribution in [2.24, 2.45) is 5.92 Å². The number of unbranched alkanes of at least 4 members (excludes halogenated alkanes) is 2. The van der Waals surface area contributed by atoms with E-state index >= 15 is 0 Å². The highest BCUT2D eigenvalue weighted by Gasteiger charge is 2.31. The normalized spacial score (nSPS) is 15.8. The van der Waals surface area contributed by atoms with Crippen molar-refractivity contribution in [3.05, 3.63) is 29.8 Å². The Hall–Kier alpha value is -1.55. The van der Waals surface area contributed by atoms with E-state index in [1.54, 1.807) is 0 Å². The molecule has 0 radical (unpaired) electrons. The van der Waals surface area contributed by atoms with E-state index in [9.17, 15) is 4.79 Å². The monoisotopic (exact) mass is 277 g/mol. The number of aliphatic carboxylic acids is 1. The van der Waals surface area contributed by atoms with Crippen molar-refractivity contribution in [1.29, 1.82) is 0 Å². The summed E-state index contributed by atoms with van der Waals surface area (Å²) in [4.78, 5) is 12.9. The number of nitrogens with zero attached hydrogens (tertiary/aromatic N) is 1. The molecule has 0 unspecified atom stereocenters. The number of hydrogen-bond acceptors (Lipinski definition) is 3. The number of hydrogen-bond donors (Lipinski definition) is 1. The quantitative estimate of drug-likeness (QED) is 0.742. The van der Waals surface area contributed by atoms with Gasteiger partial charge in [-0.3, -0.25) is 9.69 Å². The fraction of sp³-hybridized carbons (Fsp3) is 0.562. The Morgan fingerprint density at radius 1 is 1.30 bits per heavy atom. The number of benzene rings is 1. The standard InChI is InChI=1S/C16H23NO3/c1-2-3-4-9-20-15-7-5-13(6-8-15)10-17-11-14(12-17)16(18)19/h5-8,14H,2-4,9-12H2,1H3,(H,18,19). The largest absolute Gasteiger partial charge is 0.494 e. The van der Waals surface area contributed by atoms with Crippen LogP contribution in [0.5, 0.6) is 5.75 Å². The maximum Gasteiger partial charge on any atom is 0.309 e. The van der Waals surface area contributed by atoms with Gasteiger partial charge in [-0.2, -0.15) is 0 Å². The number of likely N-dealkylation sites (tertiary alicyclic amines) is 1. The molecule has 1 aromatic rings. The van der Waals surface area contributed by atoms with Crippen molar-refractivity contribution in [2.45, 2.75) is 32.7 Å². The van der Waals surface area contributed by atoms with Crippen LogP contribution in [0.3, 0.4) is 0 Å². The summed E-state index contributed by atoms with van der Waals surface area (Å²) >= 11 is 0. The van der Waals surface area contributed by atoms with E-state index in [-0.39, 0.29) is 5.92 Å². The Labute approximate surface area is 120 Å². The van der Waals surface area contributed by atoms with Crippen LogP contribution in [0, 0.1) is 5.92 Å². The Morgan fingerprint density at radius 3 is 2.60 bits per heavy atom. The summed E-state index contributed by atoms with van der Waals surface area (Å²) in [6.07, 6.45) is 3.51. The van der Waals surface area contributed by atoms with Gasteiger partial charge in [0.2, 0.25) is 0 Å². The van der Waals surface area contributed by atoms with E-state index in [4.69, 9.17) is 9.84 Å². The molecule has 0 bridgehead atoms. The number of ether oxygens (including phenoxy) is 1. The first-order valence-corrected chi connectivity index (χ1v) is 7.36. The highest BCUT2D eigenvalue weighted by atomic mass is 16.5. The summed E-state index contributed by atoms with van der Waals surface area (Å²) in [6.45, 7) is 5.09. The molecule has 1 aromatic carbocycles. The number of carbonyl (C=O) groups is 1. The summed E-state index contributed by atoms with van der Waals surface area (Å²) in [5.41, 5.74) is 1.20. The van der Waals surface area contributed by atoms with Gasteiger partial charge in [-0.1, -0.05) is 31.9 Å². The van der Waals surface area contributed by atoms with Crippen LogP contribution in [0.2, 0.25) is 0 Å². The van der Waals surface area contributed by atoms with Gasteiger partial charge in [0.1, 0.15) is 5.75 Å². The molecule has 2 rings (SSSR count). The van der Waals surface area contributed by atoms with Gasteiger partial charge in [0, 0.05) is 19.6 Å². The van der Waals surface area contributed by atoms with Crippen LogP contribution in [-0.2, 0) is 11.3 Å². The summed E-state index contributed by atoms with van der Waals surface area (Å²) < 4.78 is 5.67. The van der Waals surface area contributed by atoms with Crippen LogP contribution in [0.15, 0.2) is 24.3 Å². The lowest BCUT2D eigenvalue weighted by Gasteiger charge is -2.36. The van der Waals surface area contributed by atoms with Gasteiger partial charge >= 0.3 is 5.97 Å². The van der Waals surface area contributed by atoms with E-state index in [1.807, 2.05) is 12.1 Å². The van der Waals surface area contributed by atoms with Crippen molar-refractivity contribution in [1.82, 2.24) is 4.90 Å². The van der Waals surface area contributed by atoms with E-state index in [1.165, 1.54) is 18.4 Å². The zero-order valence-corrected chi connectivity index (χ0v) is 12.0. The van der Waals surface area contributed by atoms with Gasteiger partial charge in [-0.15, -0.1) is 0 Å². The second-order valence-corrected chi connectivity index (χ2v) is 5.43. The molecule has 0 amide bonds. The van der Waals surface area contributed by atoms with Crippen molar-refractivity contribution in [2.75, 3.05) is 19.7 Å². The molecule has 20 heavy (non-hydrogen) atoms. The average molecular weight is 277 g/mol.